The molecule has 116 valence electrons. The molecule has 0 atom stereocenters. The number of hydrogen-bond donors (Lipinski definition) is 1. The van der Waals surface area contributed by atoms with E-state index in [0.717, 1.165) is 46.8 Å². The van der Waals surface area contributed by atoms with Crippen molar-refractivity contribution in [2.75, 3.05) is 11.4 Å². The summed E-state index contributed by atoms with van der Waals surface area (Å²) in [4.78, 5) is 10.6. The van der Waals surface area contributed by atoms with Crippen molar-refractivity contribution in [1.29, 1.82) is 0 Å². The summed E-state index contributed by atoms with van der Waals surface area (Å²) < 4.78 is 51.6. The molecule has 2 rings (SSSR count). The third-order valence-electron chi connectivity index (χ3n) is 3.03. The number of halogens is 2. The van der Waals surface area contributed by atoms with Gasteiger partial charge in [0.05, 0.1) is 16.1 Å². The van der Waals surface area contributed by atoms with Crippen LogP contribution in [0.25, 0.3) is 0 Å². The lowest BCUT2D eigenvalue weighted by atomic mass is 10.2. The third-order valence-corrected chi connectivity index (χ3v) is 4.83. The summed E-state index contributed by atoms with van der Waals surface area (Å²) in [6.07, 6.45) is 0. The van der Waals surface area contributed by atoms with Gasteiger partial charge >= 0.3 is 5.97 Å². The molecule has 0 spiro atoms. The molecule has 0 saturated heterocycles. The van der Waals surface area contributed by atoms with Gasteiger partial charge in [-0.15, -0.1) is 0 Å². The van der Waals surface area contributed by atoms with Gasteiger partial charge in [-0.3, -0.25) is 4.31 Å². The standard InChI is InChI=1S/C14H11F2NO4S/c1-17(10-4-7-12(15)13(16)8-10)22(20,21)11-5-2-9(3-6-11)14(18)19/h2-8H,1H3,(H,18,19). The van der Waals surface area contributed by atoms with Crippen molar-refractivity contribution >= 4 is 21.7 Å². The Morgan fingerprint density at radius 2 is 1.64 bits per heavy atom. The summed E-state index contributed by atoms with van der Waals surface area (Å²) in [5, 5.41) is 8.79. The average Bonchev–Trinajstić information content (AvgIpc) is 2.49. The fourth-order valence-corrected chi connectivity index (χ4v) is 2.93. The molecular formula is C14H11F2NO4S. The van der Waals surface area contributed by atoms with E-state index in [2.05, 4.69) is 0 Å². The maximum Gasteiger partial charge on any atom is 0.335 e. The summed E-state index contributed by atoms with van der Waals surface area (Å²) in [6, 6.07) is 7.28. The van der Waals surface area contributed by atoms with Gasteiger partial charge in [0.15, 0.2) is 11.6 Å². The van der Waals surface area contributed by atoms with E-state index in [1.54, 1.807) is 0 Å². The van der Waals surface area contributed by atoms with Gasteiger partial charge in [-0.1, -0.05) is 0 Å². The smallest absolute Gasteiger partial charge is 0.335 e. The van der Waals surface area contributed by atoms with Gasteiger partial charge < -0.3 is 5.11 Å². The minimum Gasteiger partial charge on any atom is -0.478 e. The number of anilines is 1. The highest BCUT2D eigenvalue weighted by Crippen LogP contribution is 2.23. The van der Waals surface area contributed by atoms with Crippen molar-refractivity contribution in [3.05, 3.63) is 59.7 Å². The number of nitrogens with zero attached hydrogens (tertiary/aromatic N) is 1. The van der Waals surface area contributed by atoms with Crippen molar-refractivity contribution in [3.8, 4) is 0 Å². The number of benzene rings is 2. The number of sulfonamides is 1. The molecule has 0 saturated carbocycles. The zero-order valence-corrected chi connectivity index (χ0v) is 12.1. The summed E-state index contributed by atoms with van der Waals surface area (Å²) in [6.45, 7) is 0. The second-order valence-electron chi connectivity index (χ2n) is 4.40. The zero-order chi connectivity index (χ0) is 16.5. The van der Waals surface area contributed by atoms with E-state index < -0.39 is 27.6 Å². The van der Waals surface area contributed by atoms with E-state index in [-0.39, 0.29) is 16.1 Å². The zero-order valence-electron chi connectivity index (χ0n) is 11.3. The van der Waals surface area contributed by atoms with E-state index in [4.69, 9.17) is 5.11 Å². The molecule has 0 amide bonds. The van der Waals surface area contributed by atoms with Crippen molar-refractivity contribution < 1.29 is 27.1 Å². The molecule has 0 aromatic heterocycles. The molecule has 0 fully saturated rings. The molecule has 5 nitrogen and oxygen atoms in total. The Morgan fingerprint density at radius 1 is 1.05 bits per heavy atom. The van der Waals surface area contributed by atoms with Gasteiger partial charge in [0.25, 0.3) is 10.0 Å². The van der Waals surface area contributed by atoms with E-state index in [1.807, 2.05) is 0 Å². The van der Waals surface area contributed by atoms with Crippen molar-refractivity contribution in [3.63, 3.8) is 0 Å². The highest BCUT2D eigenvalue weighted by atomic mass is 32.2. The van der Waals surface area contributed by atoms with Crippen LogP contribution in [0.3, 0.4) is 0 Å². The lowest BCUT2D eigenvalue weighted by molar-refractivity contribution is 0.0696. The van der Waals surface area contributed by atoms with Gasteiger partial charge in [0.1, 0.15) is 0 Å². The molecule has 0 aliphatic rings. The van der Waals surface area contributed by atoms with Crippen LogP contribution in [-0.2, 0) is 10.0 Å². The predicted molar refractivity (Wildman–Crippen MR) is 75.3 cm³/mol. The number of carboxylic acids is 1. The molecule has 0 radical (unpaired) electrons. The molecule has 8 heteroatoms. The predicted octanol–water partition coefficient (Wildman–Crippen LogP) is 2.49. The van der Waals surface area contributed by atoms with Crippen LogP contribution in [0.15, 0.2) is 47.4 Å². The fourth-order valence-electron chi connectivity index (χ4n) is 1.75. The number of carboxylic acid groups (broad SMARTS) is 1. The van der Waals surface area contributed by atoms with Crippen LogP contribution < -0.4 is 4.31 Å². The first-order valence-electron chi connectivity index (χ1n) is 6.01. The van der Waals surface area contributed by atoms with E-state index >= 15 is 0 Å². The van der Waals surface area contributed by atoms with Gasteiger partial charge in [0.2, 0.25) is 0 Å². The molecule has 0 unspecified atom stereocenters. The monoisotopic (exact) mass is 327 g/mol. The van der Waals surface area contributed by atoms with Crippen LogP contribution in [0.2, 0.25) is 0 Å². The first kappa shape index (κ1) is 15.9. The van der Waals surface area contributed by atoms with Crippen LogP contribution in [0, 0.1) is 11.6 Å². The minimum absolute atomic E-state index is 0.0544. The van der Waals surface area contributed by atoms with Gasteiger partial charge in [-0.25, -0.2) is 22.0 Å². The average molecular weight is 327 g/mol. The molecule has 0 heterocycles. The second kappa shape index (κ2) is 5.72. The minimum atomic E-state index is -4.01. The molecular weight excluding hydrogens is 316 g/mol. The van der Waals surface area contributed by atoms with Crippen LogP contribution in [0.5, 0.6) is 0 Å². The molecule has 2 aromatic rings. The van der Waals surface area contributed by atoms with E-state index in [0.29, 0.717) is 0 Å². The quantitative estimate of drug-likeness (QED) is 0.936. The van der Waals surface area contributed by atoms with E-state index in [9.17, 15) is 22.0 Å². The summed E-state index contributed by atoms with van der Waals surface area (Å²) in [5.74, 6) is -3.43. The molecule has 0 bridgehead atoms. The van der Waals surface area contributed by atoms with Crippen LogP contribution in [0.4, 0.5) is 14.5 Å². The first-order chi connectivity index (χ1) is 10.2. The molecule has 0 aliphatic heterocycles. The molecule has 0 aliphatic carbocycles. The Morgan fingerprint density at radius 3 is 2.14 bits per heavy atom. The first-order valence-corrected chi connectivity index (χ1v) is 7.45. The fraction of sp³-hybridized carbons (Fsp3) is 0.0714. The Kier molecular flexibility index (Phi) is 4.14. The lowest BCUT2D eigenvalue weighted by Gasteiger charge is -2.19. The largest absolute Gasteiger partial charge is 0.478 e. The van der Waals surface area contributed by atoms with Crippen molar-refractivity contribution in [2.24, 2.45) is 0 Å². The summed E-state index contributed by atoms with van der Waals surface area (Å²) in [5.41, 5.74) is -0.115. The number of carbonyl (C=O) groups is 1. The van der Waals surface area contributed by atoms with Gasteiger partial charge in [-0.2, -0.15) is 0 Å². The van der Waals surface area contributed by atoms with Crippen LogP contribution in [0.1, 0.15) is 10.4 Å². The Balaban J connectivity index is 2.40. The highest BCUT2D eigenvalue weighted by molar-refractivity contribution is 7.92. The van der Waals surface area contributed by atoms with Crippen molar-refractivity contribution in [1.82, 2.24) is 0 Å². The van der Waals surface area contributed by atoms with Crippen LogP contribution in [-0.4, -0.2) is 26.5 Å². The van der Waals surface area contributed by atoms with Crippen LogP contribution >= 0.6 is 0 Å². The third kappa shape index (κ3) is 2.91. The molecule has 1 N–H and O–H groups in total. The SMILES string of the molecule is CN(c1ccc(F)c(F)c1)S(=O)(=O)c1ccc(C(=O)O)cc1. The Bertz CT molecular complexity index is 819. The van der Waals surface area contributed by atoms with E-state index in [1.165, 1.54) is 7.05 Å². The highest BCUT2D eigenvalue weighted by Gasteiger charge is 2.22. The topological polar surface area (TPSA) is 74.7 Å². The number of hydrogen-bond acceptors (Lipinski definition) is 3. The summed E-state index contributed by atoms with van der Waals surface area (Å²) >= 11 is 0. The van der Waals surface area contributed by atoms with Gasteiger partial charge in [0, 0.05) is 13.1 Å². The number of aromatic carboxylic acids is 1. The summed E-state index contributed by atoms with van der Waals surface area (Å²) in [7, 11) is -2.83. The lowest BCUT2D eigenvalue weighted by Crippen LogP contribution is -2.26. The van der Waals surface area contributed by atoms with Gasteiger partial charge in [-0.05, 0) is 36.4 Å². The Labute approximate surface area is 125 Å². The maximum atomic E-state index is 13.2. The number of rotatable bonds is 4. The maximum absolute atomic E-state index is 13.2. The van der Waals surface area contributed by atoms with Crippen molar-refractivity contribution in [2.45, 2.75) is 4.90 Å². The molecule has 22 heavy (non-hydrogen) atoms. The Hall–Kier alpha value is -2.48. The normalized spacial score (nSPS) is 11.2. The second-order valence-corrected chi connectivity index (χ2v) is 6.37. The molecule has 2 aromatic carbocycles.